The predicted molar refractivity (Wildman–Crippen MR) is 55.2 cm³/mol. The van der Waals surface area contributed by atoms with Gasteiger partial charge in [-0.3, -0.25) is 9.59 Å². The molecule has 1 aromatic rings. The smallest absolute Gasteiger partial charge is 0.224 e. The van der Waals surface area contributed by atoms with Gasteiger partial charge in [-0.05, 0) is 23.9 Å². The van der Waals surface area contributed by atoms with E-state index in [1.54, 1.807) is 6.07 Å². The maximum absolute atomic E-state index is 11.3. The molecule has 0 bridgehead atoms. The molecule has 14 heavy (non-hydrogen) atoms. The van der Waals surface area contributed by atoms with Gasteiger partial charge < -0.3 is 5.32 Å². The lowest BCUT2D eigenvalue weighted by atomic mass is 10.2. The largest absolute Gasteiger partial charge is 0.325 e. The Morgan fingerprint density at radius 1 is 1.14 bits per heavy atom. The van der Waals surface area contributed by atoms with Gasteiger partial charge in [0.25, 0.3) is 0 Å². The van der Waals surface area contributed by atoms with Gasteiger partial charge in [0.2, 0.25) is 5.91 Å². The number of carbonyl (C=O) groups is 2. The zero-order chi connectivity index (χ0) is 9.97. The molecule has 1 heterocycles. The van der Waals surface area contributed by atoms with Gasteiger partial charge in [-0.1, -0.05) is 12.1 Å². The molecule has 0 fully saturated rings. The average Bonchev–Trinajstić information content (AvgIpc) is 2.16. The molecule has 1 aromatic carbocycles. The van der Waals surface area contributed by atoms with Gasteiger partial charge in [0.1, 0.15) is 0 Å². The zero-order valence-corrected chi connectivity index (χ0v) is 8.26. The third kappa shape index (κ3) is 1.96. The number of hydrogen-bond donors (Lipinski definition) is 1. The van der Waals surface area contributed by atoms with Gasteiger partial charge in [0.05, 0.1) is 5.69 Å². The fraction of sp³-hybridized carbons (Fsp3) is 0.200. The van der Waals surface area contributed by atoms with Crippen LogP contribution < -0.4 is 5.32 Å². The predicted octanol–water partition coefficient (Wildman–Crippen LogP) is 2.04. The van der Waals surface area contributed by atoms with Crippen LogP contribution in [0.25, 0.3) is 0 Å². The Morgan fingerprint density at radius 3 is 2.79 bits per heavy atom. The summed E-state index contributed by atoms with van der Waals surface area (Å²) >= 11 is 1.19. The number of fused-ring (bicyclic) bond motifs is 1. The summed E-state index contributed by atoms with van der Waals surface area (Å²) in [6, 6.07) is 7.33. The van der Waals surface area contributed by atoms with Crippen LogP contribution in [0.1, 0.15) is 12.8 Å². The van der Waals surface area contributed by atoms with Crippen molar-refractivity contribution in [2.75, 3.05) is 5.32 Å². The number of rotatable bonds is 0. The Labute approximate surface area is 85.9 Å². The Balaban J connectivity index is 2.37. The molecule has 1 amide bonds. The van der Waals surface area contributed by atoms with E-state index in [0.29, 0.717) is 6.42 Å². The molecule has 1 aliphatic heterocycles. The SMILES string of the molecule is O=C1CCC(=O)Sc2ccccc2N1. The van der Waals surface area contributed by atoms with Crippen molar-refractivity contribution in [3.05, 3.63) is 24.3 Å². The minimum absolute atomic E-state index is 0.0484. The van der Waals surface area contributed by atoms with E-state index in [0.717, 1.165) is 10.6 Å². The normalized spacial score (nSPS) is 16.6. The van der Waals surface area contributed by atoms with Crippen molar-refractivity contribution < 1.29 is 9.59 Å². The van der Waals surface area contributed by atoms with E-state index < -0.39 is 0 Å². The molecule has 4 heteroatoms. The van der Waals surface area contributed by atoms with Crippen LogP contribution >= 0.6 is 11.8 Å². The fourth-order valence-electron chi connectivity index (χ4n) is 1.26. The molecule has 0 radical (unpaired) electrons. The monoisotopic (exact) mass is 207 g/mol. The van der Waals surface area contributed by atoms with Crippen molar-refractivity contribution in [2.45, 2.75) is 17.7 Å². The first-order valence-corrected chi connectivity index (χ1v) is 5.17. The summed E-state index contributed by atoms with van der Waals surface area (Å²) in [7, 11) is 0. The number of amides is 1. The lowest BCUT2D eigenvalue weighted by Gasteiger charge is -2.12. The summed E-state index contributed by atoms with van der Waals surface area (Å²) in [6.45, 7) is 0. The molecule has 1 aliphatic rings. The van der Waals surface area contributed by atoms with Gasteiger partial charge in [0, 0.05) is 17.7 Å². The molecular formula is C10H9NO2S. The van der Waals surface area contributed by atoms with Crippen LogP contribution in [0.3, 0.4) is 0 Å². The highest BCUT2D eigenvalue weighted by Crippen LogP contribution is 2.30. The van der Waals surface area contributed by atoms with E-state index in [1.165, 1.54) is 11.8 Å². The number of anilines is 1. The molecular weight excluding hydrogens is 198 g/mol. The third-order valence-electron chi connectivity index (χ3n) is 1.94. The molecule has 0 atom stereocenters. The molecule has 0 aromatic heterocycles. The number of nitrogens with one attached hydrogen (secondary N) is 1. The lowest BCUT2D eigenvalue weighted by molar-refractivity contribution is -0.119. The fourth-order valence-corrected chi connectivity index (χ4v) is 2.09. The second-order valence-corrected chi connectivity index (χ2v) is 4.12. The van der Waals surface area contributed by atoms with Gasteiger partial charge in [-0.2, -0.15) is 0 Å². The van der Waals surface area contributed by atoms with Crippen molar-refractivity contribution in [2.24, 2.45) is 0 Å². The Bertz CT molecular complexity index is 352. The molecule has 3 nitrogen and oxygen atoms in total. The molecule has 2 rings (SSSR count). The average molecular weight is 207 g/mol. The summed E-state index contributed by atoms with van der Waals surface area (Å²) in [5.41, 5.74) is 0.732. The Morgan fingerprint density at radius 2 is 1.93 bits per heavy atom. The second kappa shape index (κ2) is 3.84. The maximum atomic E-state index is 11.3. The second-order valence-electron chi connectivity index (χ2n) is 3.02. The van der Waals surface area contributed by atoms with E-state index in [9.17, 15) is 9.59 Å². The lowest BCUT2D eigenvalue weighted by Crippen LogP contribution is -2.15. The summed E-state index contributed by atoms with van der Waals surface area (Å²) in [6.07, 6.45) is 0.588. The van der Waals surface area contributed by atoms with Crippen LogP contribution in [-0.4, -0.2) is 11.0 Å². The van der Waals surface area contributed by atoms with Gasteiger partial charge in [-0.25, -0.2) is 0 Å². The molecule has 0 saturated heterocycles. The van der Waals surface area contributed by atoms with E-state index in [4.69, 9.17) is 0 Å². The quantitative estimate of drug-likeness (QED) is 0.708. The molecule has 0 unspecified atom stereocenters. The van der Waals surface area contributed by atoms with Gasteiger partial charge in [-0.15, -0.1) is 0 Å². The molecule has 72 valence electrons. The topological polar surface area (TPSA) is 46.2 Å². The minimum Gasteiger partial charge on any atom is -0.325 e. The first-order chi connectivity index (χ1) is 6.75. The van der Waals surface area contributed by atoms with E-state index >= 15 is 0 Å². The van der Waals surface area contributed by atoms with Gasteiger partial charge in [0.15, 0.2) is 5.12 Å². The number of benzene rings is 1. The third-order valence-corrected chi connectivity index (χ3v) is 2.95. The highest BCUT2D eigenvalue weighted by molar-refractivity contribution is 8.13. The molecule has 1 N–H and O–H groups in total. The van der Waals surface area contributed by atoms with Crippen molar-refractivity contribution in [3.63, 3.8) is 0 Å². The Kier molecular flexibility index (Phi) is 2.54. The van der Waals surface area contributed by atoms with E-state index in [1.807, 2.05) is 18.2 Å². The van der Waals surface area contributed by atoms with Crippen LogP contribution in [-0.2, 0) is 9.59 Å². The molecule has 0 spiro atoms. The number of carbonyl (C=O) groups excluding carboxylic acids is 2. The highest BCUT2D eigenvalue weighted by atomic mass is 32.2. The summed E-state index contributed by atoms with van der Waals surface area (Å²) in [5.74, 6) is -0.0916. The molecule has 0 aliphatic carbocycles. The van der Waals surface area contributed by atoms with Crippen LogP contribution in [0.2, 0.25) is 0 Å². The summed E-state index contributed by atoms with van der Waals surface area (Å²) in [4.78, 5) is 23.4. The summed E-state index contributed by atoms with van der Waals surface area (Å²) in [5, 5.41) is 2.82. The first-order valence-electron chi connectivity index (χ1n) is 4.35. The number of thioether (sulfide) groups is 1. The van der Waals surface area contributed by atoms with Crippen molar-refractivity contribution >= 4 is 28.5 Å². The number of para-hydroxylation sites is 1. The maximum Gasteiger partial charge on any atom is 0.224 e. The first kappa shape index (κ1) is 9.27. The van der Waals surface area contributed by atoms with Crippen LogP contribution in [0, 0.1) is 0 Å². The van der Waals surface area contributed by atoms with Crippen LogP contribution in [0.15, 0.2) is 29.2 Å². The van der Waals surface area contributed by atoms with E-state index in [-0.39, 0.29) is 17.4 Å². The Hall–Kier alpha value is -1.29. The van der Waals surface area contributed by atoms with Crippen molar-refractivity contribution in [3.8, 4) is 0 Å². The van der Waals surface area contributed by atoms with Gasteiger partial charge >= 0.3 is 0 Å². The number of hydrogen-bond acceptors (Lipinski definition) is 3. The van der Waals surface area contributed by atoms with Crippen LogP contribution in [0.4, 0.5) is 5.69 Å². The van der Waals surface area contributed by atoms with E-state index in [2.05, 4.69) is 5.32 Å². The van der Waals surface area contributed by atoms with Crippen LogP contribution in [0.5, 0.6) is 0 Å². The standard InChI is InChI=1S/C10H9NO2S/c12-9-5-6-10(13)14-8-4-2-1-3-7(8)11-9/h1-4H,5-6H2,(H,11,12). The minimum atomic E-state index is -0.0916. The van der Waals surface area contributed by atoms with Crippen molar-refractivity contribution in [1.82, 2.24) is 0 Å². The zero-order valence-electron chi connectivity index (χ0n) is 7.45. The molecule has 0 saturated carbocycles. The van der Waals surface area contributed by atoms with Crippen molar-refractivity contribution in [1.29, 1.82) is 0 Å². The summed E-state index contributed by atoms with van der Waals surface area (Å²) < 4.78 is 0. The highest BCUT2D eigenvalue weighted by Gasteiger charge is 2.15.